The molecule has 236 valence electrons. The Labute approximate surface area is 253 Å². The molecule has 44 heavy (non-hydrogen) atoms. The normalized spacial score (nSPS) is 15.3. The molecule has 0 aliphatic carbocycles. The molecule has 0 saturated heterocycles. The van der Waals surface area contributed by atoms with Gasteiger partial charge in [-0.3, -0.25) is 4.79 Å². The highest BCUT2D eigenvalue weighted by atomic mass is 19.4. The number of benzene rings is 2. The summed E-state index contributed by atoms with van der Waals surface area (Å²) < 4.78 is 54.2. The standard InChI is InChI=1S/C30H35F3N6O5/c1-2-42-29(41)39-15-3-4-17-43-24-12-8-22(9-13-24)19-35-27-36-25(37-28(38-27)44-20-30(31,32)33)18-21-6-10-23(11-7-21)26(40)34-14-5-16-39/h6-13H,2-5,14-20H2,1H3,(H,34,40)(H,35,36,37,38). The molecular weight excluding hydrogens is 581 g/mol. The van der Waals surface area contributed by atoms with E-state index in [4.69, 9.17) is 14.2 Å². The number of rotatable bonds is 3. The van der Waals surface area contributed by atoms with Crippen molar-refractivity contribution in [1.82, 2.24) is 25.2 Å². The predicted molar refractivity (Wildman–Crippen MR) is 155 cm³/mol. The van der Waals surface area contributed by atoms with Crippen LogP contribution in [0.3, 0.4) is 0 Å². The summed E-state index contributed by atoms with van der Waals surface area (Å²) in [5.41, 5.74) is 2.02. The molecule has 0 radical (unpaired) electrons. The van der Waals surface area contributed by atoms with Crippen LogP contribution in [-0.4, -0.2) is 77.5 Å². The first-order chi connectivity index (χ1) is 21.2. The van der Waals surface area contributed by atoms with E-state index in [0.29, 0.717) is 56.8 Å². The molecular formula is C30H35F3N6O5. The van der Waals surface area contributed by atoms with E-state index in [1.807, 2.05) is 24.3 Å². The number of carbonyl (C=O) groups excluding carboxylic acids is 2. The van der Waals surface area contributed by atoms with E-state index in [9.17, 15) is 22.8 Å². The fraction of sp³-hybridized carbons (Fsp3) is 0.433. The smallest absolute Gasteiger partial charge is 0.422 e. The van der Waals surface area contributed by atoms with Crippen molar-refractivity contribution in [2.24, 2.45) is 0 Å². The van der Waals surface area contributed by atoms with E-state index in [2.05, 4.69) is 25.6 Å². The number of hydrogen-bond acceptors (Lipinski definition) is 9. The molecule has 3 aliphatic rings. The Kier molecular flexibility index (Phi) is 11.5. The second kappa shape index (κ2) is 15.7. The molecule has 11 nitrogen and oxygen atoms in total. The number of amides is 2. The van der Waals surface area contributed by atoms with Crippen LogP contribution in [0.2, 0.25) is 0 Å². The Morgan fingerprint density at radius 3 is 2.41 bits per heavy atom. The molecule has 6 rings (SSSR count). The van der Waals surface area contributed by atoms with Gasteiger partial charge in [-0.05, 0) is 61.6 Å². The number of nitrogens with one attached hydrogen (secondary N) is 2. The average molecular weight is 617 g/mol. The summed E-state index contributed by atoms with van der Waals surface area (Å²) in [7, 11) is 0. The molecule has 3 aromatic rings. The number of anilines is 1. The number of alkyl halides is 3. The summed E-state index contributed by atoms with van der Waals surface area (Å²) in [5.74, 6) is 0.653. The van der Waals surface area contributed by atoms with E-state index in [-0.39, 0.29) is 43.3 Å². The molecule has 2 aromatic carbocycles. The van der Waals surface area contributed by atoms with Gasteiger partial charge in [0, 0.05) is 38.2 Å². The van der Waals surface area contributed by atoms with Gasteiger partial charge < -0.3 is 29.7 Å². The first-order valence-electron chi connectivity index (χ1n) is 14.4. The molecule has 2 amide bonds. The largest absolute Gasteiger partial charge is 0.494 e. The van der Waals surface area contributed by atoms with Crippen molar-refractivity contribution in [3.8, 4) is 11.8 Å². The zero-order valence-corrected chi connectivity index (χ0v) is 24.4. The molecule has 14 heteroatoms. The number of hydrogen-bond donors (Lipinski definition) is 2. The van der Waals surface area contributed by atoms with E-state index in [1.54, 1.807) is 36.1 Å². The number of halogens is 3. The predicted octanol–water partition coefficient (Wildman–Crippen LogP) is 4.77. The fourth-order valence-corrected chi connectivity index (χ4v) is 4.29. The minimum absolute atomic E-state index is 0.0610. The minimum Gasteiger partial charge on any atom is -0.494 e. The zero-order chi connectivity index (χ0) is 31.4. The second-order valence-corrected chi connectivity index (χ2v) is 9.98. The third-order valence-electron chi connectivity index (χ3n) is 6.49. The molecule has 6 bridgehead atoms. The van der Waals surface area contributed by atoms with Crippen molar-refractivity contribution in [2.45, 2.75) is 45.3 Å². The van der Waals surface area contributed by atoms with Gasteiger partial charge in [0.25, 0.3) is 5.91 Å². The first-order valence-corrected chi connectivity index (χ1v) is 14.4. The van der Waals surface area contributed by atoms with Gasteiger partial charge in [-0.1, -0.05) is 24.3 Å². The Morgan fingerprint density at radius 2 is 1.68 bits per heavy atom. The van der Waals surface area contributed by atoms with Crippen LogP contribution < -0.4 is 20.1 Å². The van der Waals surface area contributed by atoms with Crippen LogP contribution in [0.25, 0.3) is 0 Å². The highest BCUT2D eigenvalue weighted by Crippen LogP contribution is 2.19. The third-order valence-corrected chi connectivity index (χ3v) is 6.49. The highest BCUT2D eigenvalue weighted by Gasteiger charge is 2.29. The van der Waals surface area contributed by atoms with Crippen molar-refractivity contribution < 1.29 is 37.0 Å². The van der Waals surface area contributed by atoms with Crippen molar-refractivity contribution in [1.29, 1.82) is 0 Å². The maximum atomic E-state index is 12.8. The van der Waals surface area contributed by atoms with Crippen molar-refractivity contribution in [3.05, 3.63) is 71.0 Å². The summed E-state index contributed by atoms with van der Waals surface area (Å²) in [6.45, 7) is 2.52. The fourth-order valence-electron chi connectivity index (χ4n) is 4.29. The highest BCUT2D eigenvalue weighted by molar-refractivity contribution is 5.94. The lowest BCUT2D eigenvalue weighted by molar-refractivity contribution is -0.154. The van der Waals surface area contributed by atoms with E-state index < -0.39 is 18.8 Å². The lowest BCUT2D eigenvalue weighted by Crippen LogP contribution is -2.35. The van der Waals surface area contributed by atoms with Crippen LogP contribution in [0.15, 0.2) is 48.5 Å². The Morgan fingerprint density at radius 1 is 0.955 bits per heavy atom. The number of ether oxygens (including phenoxy) is 3. The summed E-state index contributed by atoms with van der Waals surface area (Å²) in [5, 5.41) is 5.87. The van der Waals surface area contributed by atoms with Crippen LogP contribution in [0, 0.1) is 0 Å². The van der Waals surface area contributed by atoms with Gasteiger partial charge in [0.15, 0.2) is 6.61 Å². The number of carbonyl (C=O) groups is 2. The summed E-state index contributed by atoms with van der Waals surface area (Å²) >= 11 is 0. The van der Waals surface area contributed by atoms with E-state index in [1.165, 1.54) is 0 Å². The maximum Gasteiger partial charge on any atom is 0.422 e. The first kappa shape index (κ1) is 32.3. The topological polar surface area (TPSA) is 128 Å². The van der Waals surface area contributed by atoms with Crippen molar-refractivity contribution in [2.75, 3.05) is 44.8 Å². The zero-order valence-electron chi connectivity index (χ0n) is 24.4. The molecule has 2 N–H and O–H groups in total. The monoisotopic (exact) mass is 616 g/mol. The number of aromatic nitrogens is 3. The third kappa shape index (κ3) is 10.6. The summed E-state index contributed by atoms with van der Waals surface area (Å²) in [6.07, 6.45) is -2.81. The van der Waals surface area contributed by atoms with Crippen molar-refractivity contribution in [3.63, 3.8) is 0 Å². The Bertz CT molecular complexity index is 1370. The number of fused-ring (bicyclic) bond motifs is 2. The Hall–Kier alpha value is -4.62. The second-order valence-electron chi connectivity index (χ2n) is 9.98. The minimum atomic E-state index is -4.56. The van der Waals surface area contributed by atoms with Crippen LogP contribution in [0.1, 0.15) is 53.5 Å². The lowest BCUT2D eigenvalue weighted by atomic mass is 10.1. The molecule has 3 aliphatic heterocycles. The van der Waals surface area contributed by atoms with Gasteiger partial charge in [0.1, 0.15) is 11.6 Å². The summed E-state index contributed by atoms with van der Waals surface area (Å²) in [4.78, 5) is 39.2. The maximum absolute atomic E-state index is 12.8. The molecule has 0 saturated carbocycles. The van der Waals surface area contributed by atoms with Gasteiger partial charge in [0.05, 0.1) is 13.2 Å². The van der Waals surface area contributed by atoms with Crippen LogP contribution in [0.4, 0.5) is 23.9 Å². The average Bonchev–Trinajstić information content (AvgIpc) is 3.00. The van der Waals surface area contributed by atoms with Gasteiger partial charge in [-0.2, -0.15) is 28.1 Å². The van der Waals surface area contributed by atoms with Crippen LogP contribution in [0.5, 0.6) is 11.8 Å². The quantitative estimate of drug-likeness (QED) is 0.428. The van der Waals surface area contributed by atoms with Crippen LogP contribution in [-0.2, 0) is 17.7 Å². The van der Waals surface area contributed by atoms with Crippen LogP contribution >= 0.6 is 0 Å². The molecule has 1 aromatic heterocycles. The van der Waals surface area contributed by atoms with E-state index >= 15 is 0 Å². The Balaban J connectivity index is 1.52. The molecule has 4 heterocycles. The lowest BCUT2D eigenvalue weighted by Gasteiger charge is -2.22. The summed E-state index contributed by atoms with van der Waals surface area (Å²) in [6, 6.07) is 13.6. The SMILES string of the molecule is CCOC(=O)N1CCCCOc2ccc(cc2)CNc2nc(nc(OCC(F)(F)F)n2)Cc2ccc(cc2)C(=O)NCCC1. The van der Waals surface area contributed by atoms with Gasteiger partial charge in [-0.25, -0.2) is 4.79 Å². The molecule has 0 fully saturated rings. The van der Waals surface area contributed by atoms with E-state index in [0.717, 1.165) is 11.1 Å². The van der Waals surface area contributed by atoms with Gasteiger partial charge in [-0.15, -0.1) is 0 Å². The number of nitrogens with zero attached hydrogens (tertiary/aromatic N) is 4. The molecule has 0 spiro atoms. The van der Waals surface area contributed by atoms with Crippen molar-refractivity contribution >= 4 is 17.9 Å². The van der Waals surface area contributed by atoms with Gasteiger partial charge in [0.2, 0.25) is 5.95 Å². The molecule has 0 unspecified atom stereocenters. The van der Waals surface area contributed by atoms with Gasteiger partial charge >= 0.3 is 18.3 Å². The molecule has 0 atom stereocenters.